The summed E-state index contributed by atoms with van der Waals surface area (Å²) in [4.78, 5) is 30.8. The molecule has 0 aromatic carbocycles. The summed E-state index contributed by atoms with van der Waals surface area (Å²) in [6.45, 7) is 5.02. The maximum absolute atomic E-state index is 13.9. The average molecular weight is 619 g/mol. The van der Waals surface area contributed by atoms with Crippen LogP contribution in [0, 0.1) is 5.41 Å². The van der Waals surface area contributed by atoms with Crippen molar-refractivity contribution in [2.75, 3.05) is 13.7 Å². The van der Waals surface area contributed by atoms with Gasteiger partial charge in [0.2, 0.25) is 0 Å². The molecule has 0 spiro atoms. The monoisotopic (exact) mass is 618 g/mol. The van der Waals surface area contributed by atoms with Gasteiger partial charge in [-0.2, -0.15) is 36.5 Å². The number of aromatic nitrogens is 5. The minimum absolute atomic E-state index is 0.0410. The molecule has 0 radical (unpaired) electrons. The Bertz CT molecular complexity index is 1460. The summed E-state index contributed by atoms with van der Waals surface area (Å²) in [5.41, 5.74) is -1.28. The number of methoxy groups -OCH3 is 1. The fraction of sp³-hybridized carbons (Fsp3) is 0.577. The van der Waals surface area contributed by atoms with Gasteiger partial charge in [0.15, 0.2) is 5.65 Å². The summed E-state index contributed by atoms with van der Waals surface area (Å²) in [7, 11) is 1.25. The fourth-order valence-corrected chi connectivity index (χ4v) is 4.72. The second-order valence-corrected chi connectivity index (χ2v) is 11.3. The lowest BCUT2D eigenvalue weighted by atomic mass is 9.84. The highest BCUT2D eigenvalue weighted by molar-refractivity contribution is 5.92. The Morgan fingerprint density at radius 2 is 1.88 bits per heavy atom. The number of nitrogens with one attached hydrogen (secondary N) is 2. The summed E-state index contributed by atoms with van der Waals surface area (Å²) in [6.07, 6.45) is -6.65. The highest BCUT2D eigenvalue weighted by Crippen LogP contribution is 2.43. The van der Waals surface area contributed by atoms with E-state index in [-0.39, 0.29) is 29.5 Å². The van der Waals surface area contributed by atoms with E-state index in [2.05, 4.69) is 20.5 Å². The van der Waals surface area contributed by atoms with Crippen LogP contribution in [0.5, 0.6) is 0 Å². The number of nitrogens with zero attached hydrogens (tertiary/aromatic N) is 6. The molecule has 3 amide bonds. The minimum atomic E-state index is -4.63. The number of halogens is 6. The van der Waals surface area contributed by atoms with E-state index >= 15 is 0 Å². The van der Waals surface area contributed by atoms with Crippen LogP contribution in [0.25, 0.3) is 5.65 Å². The first kappa shape index (κ1) is 32.0. The number of rotatable bonds is 10. The van der Waals surface area contributed by atoms with E-state index in [1.165, 1.54) is 47.0 Å². The lowest BCUT2D eigenvalue weighted by Gasteiger charge is -2.31. The van der Waals surface area contributed by atoms with Gasteiger partial charge in [-0.05, 0) is 38.0 Å². The number of imidazole rings is 1. The van der Waals surface area contributed by atoms with Crippen LogP contribution in [-0.4, -0.2) is 79.5 Å². The highest BCUT2D eigenvalue weighted by atomic mass is 19.4. The normalized spacial score (nSPS) is 17.9. The lowest BCUT2D eigenvalue weighted by molar-refractivity contribution is -0.215. The predicted molar refractivity (Wildman–Crippen MR) is 140 cm³/mol. The van der Waals surface area contributed by atoms with E-state index in [0.29, 0.717) is 5.56 Å². The van der Waals surface area contributed by atoms with Crippen molar-refractivity contribution >= 4 is 17.6 Å². The van der Waals surface area contributed by atoms with Gasteiger partial charge in [-0.1, -0.05) is 13.8 Å². The number of hydrogen-bond acceptors (Lipinski definition) is 6. The van der Waals surface area contributed by atoms with Gasteiger partial charge < -0.3 is 15.4 Å². The Kier molecular flexibility index (Phi) is 8.68. The number of ether oxygens (including phenoxy) is 1. The van der Waals surface area contributed by atoms with E-state index in [1.54, 1.807) is 13.8 Å². The molecule has 4 heterocycles. The van der Waals surface area contributed by atoms with Crippen molar-refractivity contribution in [2.45, 2.75) is 77.2 Å². The van der Waals surface area contributed by atoms with Gasteiger partial charge in [-0.25, -0.2) is 14.3 Å². The molecule has 236 valence electrons. The Morgan fingerprint density at radius 1 is 1.19 bits per heavy atom. The Balaban J connectivity index is 1.61. The summed E-state index contributed by atoms with van der Waals surface area (Å²) in [5.74, 6) is -0.635. The van der Waals surface area contributed by atoms with Crippen LogP contribution < -0.4 is 10.6 Å². The van der Waals surface area contributed by atoms with Crippen molar-refractivity contribution < 1.29 is 40.7 Å². The van der Waals surface area contributed by atoms with Crippen molar-refractivity contribution in [2.24, 2.45) is 5.41 Å². The first-order chi connectivity index (χ1) is 19.9. The molecule has 1 aliphatic rings. The summed E-state index contributed by atoms with van der Waals surface area (Å²) >= 11 is 0. The Labute approximate surface area is 242 Å². The van der Waals surface area contributed by atoms with Crippen LogP contribution in [0.15, 0.2) is 30.7 Å². The third-order valence-electron chi connectivity index (χ3n) is 7.29. The van der Waals surface area contributed by atoms with Crippen molar-refractivity contribution in [3.05, 3.63) is 47.7 Å². The van der Waals surface area contributed by atoms with Crippen molar-refractivity contribution in [1.29, 1.82) is 0 Å². The number of fused-ring (bicyclic) bond motifs is 1. The molecular formula is C26H32F6N8O3. The maximum Gasteiger partial charge on any atom is 0.410 e. The lowest BCUT2D eigenvalue weighted by Crippen LogP contribution is -2.41. The number of amides is 3. The van der Waals surface area contributed by atoms with Crippen LogP contribution in [0.2, 0.25) is 0 Å². The third-order valence-corrected chi connectivity index (χ3v) is 7.29. The Hall–Kier alpha value is -3.89. The third kappa shape index (κ3) is 6.86. The molecule has 43 heavy (non-hydrogen) atoms. The van der Waals surface area contributed by atoms with Crippen LogP contribution in [-0.2, 0) is 11.2 Å². The number of carbonyl (C=O) groups excluding carboxylic acids is 2. The van der Waals surface area contributed by atoms with Gasteiger partial charge in [-0.3, -0.25) is 14.4 Å². The van der Waals surface area contributed by atoms with Crippen LogP contribution in [0.4, 0.5) is 31.1 Å². The zero-order valence-electron chi connectivity index (χ0n) is 24.0. The van der Waals surface area contributed by atoms with Gasteiger partial charge in [0.1, 0.15) is 18.0 Å². The Morgan fingerprint density at radius 3 is 2.47 bits per heavy atom. The van der Waals surface area contributed by atoms with E-state index in [9.17, 15) is 35.9 Å². The first-order valence-corrected chi connectivity index (χ1v) is 13.3. The number of urea groups is 1. The van der Waals surface area contributed by atoms with Gasteiger partial charge >= 0.3 is 18.4 Å². The number of carbonyl (C=O) groups is 2. The standard InChI is InChI=1S/C26H32F6N8O3/c1-14(2)40-18(6-7-33-40)22(41)36-16(10-24(3,4)26(30,31)32)17-12-39-20(35-17)8-15(11-34-39)9-21(43-5)38-13-19(25(27,28)29)37-23(38)42/h6-8,11-12,14,16,19,21H,9-10,13H2,1-5H3,(H,36,41)(H,37,42)/t16-,19-,21-/m0/s1. The second-order valence-electron chi connectivity index (χ2n) is 11.3. The van der Waals surface area contributed by atoms with Crippen LogP contribution in [0.1, 0.15) is 67.9 Å². The molecule has 4 rings (SSSR count). The molecule has 1 aliphatic heterocycles. The van der Waals surface area contributed by atoms with E-state index in [4.69, 9.17) is 4.74 Å². The van der Waals surface area contributed by atoms with E-state index in [0.717, 1.165) is 18.7 Å². The fourth-order valence-electron chi connectivity index (χ4n) is 4.72. The summed E-state index contributed by atoms with van der Waals surface area (Å²) in [6, 6.07) is -1.34. The highest BCUT2D eigenvalue weighted by Gasteiger charge is 2.50. The van der Waals surface area contributed by atoms with E-state index < -0.39 is 61.0 Å². The smallest absolute Gasteiger partial charge is 0.361 e. The van der Waals surface area contributed by atoms with Gasteiger partial charge in [0.25, 0.3) is 5.91 Å². The molecule has 3 aromatic rings. The first-order valence-electron chi connectivity index (χ1n) is 13.3. The van der Waals surface area contributed by atoms with Gasteiger partial charge in [0.05, 0.1) is 36.1 Å². The predicted octanol–water partition coefficient (Wildman–Crippen LogP) is 4.43. The summed E-state index contributed by atoms with van der Waals surface area (Å²) < 4.78 is 89.1. The average Bonchev–Trinajstić information content (AvgIpc) is 3.63. The molecule has 0 aliphatic carbocycles. The molecule has 11 nitrogen and oxygen atoms in total. The molecule has 17 heteroatoms. The van der Waals surface area contributed by atoms with Crippen LogP contribution in [0.3, 0.4) is 0 Å². The SMILES string of the molecule is CO[C@@H](Cc1cnn2cc([C@H](CC(C)(C)C(F)(F)F)NC(=O)c3ccnn3C(C)C)nc2c1)N1C[C@@H](C(F)(F)F)NC1=O. The second kappa shape index (κ2) is 11.7. The quantitative estimate of drug-likeness (QED) is 0.325. The van der Waals surface area contributed by atoms with Crippen molar-refractivity contribution in [3.63, 3.8) is 0 Å². The molecule has 3 aromatic heterocycles. The molecule has 2 N–H and O–H groups in total. The largest absolute Gasteiger partial charge is 0.410 e. The molecule has 1 saturated heterocycles. The molecule has 0 unspecified atom stereocenters. The molecule has 0 saturated carbocycles. The van der Waals surface area contributed by atoms with Gasteiger partial charge in [0, 0.05) is 25.8 Å². The van der Waals surface area contributed by atoms with Crippen LogP contribution >= 0.6 is 0 Å². The molecule has 0 bridgehead atoms. The topological polar surface area (TPSA) is 119 Å². The molecular weight excluding hydrogens is 586 g/mol. The summed E-state index contributed by atoms with van der Waals surface area (Å²) in [5, 5.41) is 12.9. The maximum atomic E-state index is 13.9. The molecule has 1 fully saturated rings. The van der Waals surface area contributed by atoms with Gasteiger partial charge in [-0.15, -0.1) is 0 Å². The van der Waals surface area contributed by atoms with Crippen molar-refractivity contribution in [1.82, 2.24) is 39.9 Å². The van der Waals surface area contributed by atoms with Crippen molar-refractivity contribution in [3.8, 4) is 0 Å². The zero-order valence-corrected chi connectivity index (χ0v) is 24.0. The number of hydrogen-bond donors (Lipinski definition) is 2. The number of alkyl halides is 6. The molecule has 3 atom stereocenters. The zero-order chi connectivity index (χ0) is 31.9. The minimum Gasteiger partial charge on any atom is -0.361 e. The van der Waals surface area contributed by atoms with E-state index in [1.807, 2.05) is 5.32 Å².